The molecule has 0 aliphatic heterocycles. The van der Waals surface area contributed by atoms with E-state index in [1.165, 1.54) is 64.0 Å². The summed E-state index contributed by atoms with van der Waals surface area (Å²) in [7, 11) is 0. The molecule has 3 nitrogen and oxygen atoms in total. The average molecular weight is 516 g/mol. The zero-order chi connectivity index (χ0) is 25.5. The van der Waals surface area contributed by atoms with Crippen LogP contribution in [-0.4, -0.2) is 14.1 Å². The number of nitrogens with zero attached hydrogens (tertiary/aromatic N) is 3. The summed E-state index contributed by atoms with van der Waals surface area (Å²) in [5.41, 5.74) is 6.93. The van der Waals surface area contributed by atoms with Gasteiger partial charge in [0.1, 0.15) is 5.65 Å². The average Bonchev–Trinajstić information content (AvgIpc) is 3.65. The first-order valence-electron chi connectivity index (χ1n) is 13.2. The Labute approximate surface area is 227 Å². The van der Waals surface area contributed by atoms with E-state index in [1.54, 1.807) is 0 Å². The summed E-state index contributed by atoms with van der Waals surface area (Å²) in [5, 5.41) is 7.52. The number of pyridine rings is 1. The number of para-hydroxylation sites is 2. The van der Waals surface area contributed by atoms with Crippen molar-refractivity contribution in [1.82, 2.24) is 14.1 Å². The SMILES string of the molecule is c1ccc2c(c1)sc1c(-n3c4ccccc4c4cc(-n5c6ccccc6c6cccnc65)ccc43)cccc12. The van der Waals surface area contributed by atoms with Gasteiger partial charge in [0.25, 0.3) is 0 Å². The molecule has 0 saturated heterocycles. The maximum Gasteiger partial charge on any atom is 0.145 e. The Morgan fingerprint density at radius 1 is 0.487 bits per heavy atom. The summed E-state index contributed by atoms with van der Waals surface area (Å²) < 4.78 is 7.37. The molecule has 0 saturated carbocycles. The molecular weight excluding hydrogens is 494 g/mol. The van der Waals surface area contributed by atoms with E-state index in [4.69, 9.17) is 4.98 Å². The van der Waals surface area contributed by atoms with Gasteiger partial charge in [0, 0.05) is 48.9 Å². The topological polar surface area (TPSA) is 22.8 Å². The van der Waals surface area contributed by atoms with Crippen LogP contribution in [0.1, 0.15) is 0 Å². The predicted octanol–water partition coefficient (Wildman–Crippen LogP) is 9.64. The standard InChI is InChI=1S/C35H21N3S/c1-4-14-29-23(9-1)27-13-8-20-36-35(27)37(29)22-18-19-31-28(21-22)24-10-2-5-15-30(24)38(31)32-16-7-12-26-25-11-3-6-17-33(25)39-34(26)32/h1-21H. The fraction of sp³-hybridized carbons (Fsp3) is 0. The third-order valence-electron chi connectivity index (χ3n) is 7.97. The van der Waals surface area contributed by atoms with Gasteiger partial charge in [-0.2, -0.15) is 0 Å². The van der Waals surface area contributed by atoms with Crippen LogP contribution in [0.2, 0.25) is 0 Å². The molecule has 0 atom stereocenters. The third kappa shape index (κ3) is 2.84. The van der Waals surface area contributed by atoms with Crippen molar-refractivity contribution in [1.29, 1.82) is 0 Å². The summed E-state index contributed by atoms with van der Waals surface area (Å²) in [5.74, 6) is 0. The molecule has 4 aromatic heterocycles. The van der Waals surface area contributed by atoms with Crippen molar-refractivity contribution in [2.45, 2.75) is 0 Å². The molecule has 5 aromatic carbocycles. The number of benzene rings is 5. The highest BCUT2D eigenvalue weighted by Gasteiger charge is 2.18. The summed E-state index contributed by atoms with van der Waals surface area (Å²) in [6.07, 6.45) is 1.88. The minimum atomic E-state index is 0.983. The fourth-order valence-electron chi connectivity index (χ4n) is 6.33. The molecule has 0 N–H and O–H groups in total. The third-order valence-corrected chi connectivity index (χ3v) is 9.18. The molecule has 182 valence electrons. The van der Waals surface area contributed by atoms with Gasteiger partial charge < -0.3 is 4.57 Å². The minimum absolute atomic E-state index is 0.983. The van der Waals surface area contributed by atoms with Gasteiger partial charge in [-0.3, -0.25) is 4.57 Å². The Kier molecular flexibility index (Phi) is 4.21. The molecule has 4 heteroatoms. The molecule has 0 aliphatic carbocycles. The molecule has 9 aromatic rings. The Hall–Kier alpha value is -4.93. The molecule has 4 heterocycles. The maximum absolute atomic E-state index is 4.80. The van der Waals surface area contributed by atoms with Gasteiger partial charge in [-0.15, -0.1) is 11.3 Å². The molecule has 9 rings (SSSR count). The molecule has 0 fully saturated rings. The number of aromatic nitrogens is 3. The Morgan fingerprint density at radius 2 is 1.15 bits per heavy atom. The number of hydrogen-bond donors (Lipinski definition) is 0. The maximum atomic E-state index is 4.80. The van der Waals surface area contributed by atoms with Gasteiger partial charge in [-0.05, 0) is 54.6 Å². The van der Waals surface area contributed by atoms with Crippen molar-refractivity contribution in [2.24, 2.45) is 0 Å². The highest BCUT2D eigenvalue weighted by atomic mass is 32.1. The first kappa shape index (κ1) is 21.1. The zero-order valence-electron chi connectivity index (χ0n) is 20.9. The number of fused-ring (bicyclic) bond motifs is 9. The number of thiophene rings is 1. The molecule has 0 unspecified atom stereocenters. The highest BCUT2D eigenvalue weighted by molar-refractivity contribution is 7.26. The minimum Gasteiger partial charge on any atom is -0.308 e. The molecular formula is C35H21N3S. The van der Waals surface area contributed by atoms with E-state index in [-0.39, 0.29) is 0 Å². The summed E-state index contributed by atoms with van der Waals surface area (Å²) in [6, 6.07) is 43.8. The zero-order valence-corrected chi connectivity index (χ0v) is 21.7. The predicted molar refractivity (Wildman–Crippen MR) is 166 cm³/mol. The van der Waals surface area contributed by atoms with Crippen molar-refractivity contribution in [3.63, 3.8) is 0 Å². The quantitative estimate of drug-likeness (QED) is 0.225. The van der Waals surface area contributed by atoms with Crippen LogP contribution in [0, 0.1) is 0 Å². The monoisotopic (exact) mass is 515 g/mol. The lowest BCUT2D eigenvalue weighted by molar-refractivity contribution is 1.14. The van der Waals surface area contributed by atoms with Gasteiger partial charge in [0.2, 0.25) is 0 Å². The van der Waals surface area contributed by atoms with Gasteiger partial charge >= 0.3 is 0 Å². The van der Waals surface area contributed by atoms with Crippen LogP contribution in [0.5, 0.6) is 0 Å². The molecule has 0 aliphatic rings. The largest absolute Gasteiger partial charge is 0.308 e. The Morgan fingerprint density at radius 3 is 2.03 bits per heavy atom. The van der Waals surface area contributed by atoms with Crippen LogP contribution in [0.25, 0.3) is 75.3 Å². The second-order valence-electron chi connectivity index (χ2n) is 10.0. The number of rotatable bonds is 2. The van der Waals surface area contributed by atoms with Crippen molar-refractivity contribution in [3.8, 4) is 11.4 Å². The number of hydrogen-bond acceptors (Lipinski definition) is 2. The van der Waals surface area contributed by atoms with Crippen LogP contribution in [0.3, 0.4) is 0 Å². The van der Waals surface area contributed by atoms with E-state index in [0.29, 0.717) is 0 Å². The van der Waals surface area contributed by atoms with E-state index in [2.05, 4.69) is 124 Å². The first-order valence-corrected chi connectivity index (χ1v) is 14.0. The highest BCUT2D eigenvalue weighted by Crippen LogP contribution is 2.41. The lowest BCUT2D eigenvalue weighted by Crippen LogP contribution is -1.96. The lowest BCUT2D eigenvalue weighted by Gasteiger charge is -2.11. The molecule has 39 heavy (non-hydrogen) atoms. The first-order chi connectivity index (χ1) is 19.4. The van der Waals surface area contributed by atoms with E-state index in [0.717, 1.165) is 11.3 Å². The second-order valence-corrected chi connectivity index (χ2v) is 11.1. The summed E-state index contributed by atoms with van der Waals surface area (Å²) in [6.45, 7) is 0. The van der Waals surface area contributed by atoms with E-state index in [9.17, 15) is 0 Å². The van der Waals surface area contributed by atoms with Gasteiger partial charge in [-0.25, -0.2) is 4.98 Å². The summed E-state index contributed by atoms with van der Waals surface area (Å²) >= 11 is 1.87. The van der Waals surface area contributed by atoms with Crippen LogP contribution in [-0.2, 0) is 0 Å². The van der Waals surface area contributed by atoms with Crippen molar-refractivity contribution < 1.29 is 0 Å². The fourth-order valence-corrected chi connectivity index (χ4v) is 7.53. The van der Waals surface area contributed by atoms with Crippen molar-refractivity contribution in [2.75, 3.05) is 0 Å². The van der Waals surface area contributed by atoms with Crippen LogP contribution in [0.4, 0.5) is 0 Å². The Balaban J connectivity index is 1.38. The van der Waals surface area contributed by atoms with Crippen molar-refractivity contribution in [3.05, 3.63) is 128 Å². The van der Waals surface area contributed by atoms with E-state index < -0.39 is 0 Å². The van der Waals surface area contributed by atoms with Gasteiger partial charge in [-0.1, -0.05) is 66.7 Å². The Bertz CT molecular complexity index is 2350. The second kappa shape index (κ2) is 7.79. The summed E-state index contributed by atoms with van der Waals surface area (Å²) in [4.78, 5) is 4.80. The molecule has 0 spiro atoms. The molecule has 0 amide bonds. The van der Waals surface area contributed by atoms with Crippen molar-refractivity contribution >= 4 is 75.3 Å². The lowest BCUT2D eigenvalue weighted by atomic mass is 10.1. The van der Waals surface area contributed by atoms with Crippen LogP contribution in [0.15, 0.2) is 128 Å². The van der Waals surface area contributed by atoms with Crippen LogP contribution < -0.4 is 0 Å². The van der Waals surface area contributed by atoms with E-state index in [1.807, 2.05) is 23.6 Å². The normalized spacial score (nSPS) is 12.1. The van der Waals surface area contributed by atoms with Crippen LogP contribution >= 0.6 is 11.3 Å². The van der Waals surface area contributed by atoms with Gasteiger partial charge in [0.05, 0.1) is 26.9 Å². The smallest absolute Gasteiger partial charge is 0.145 e. The molecule has 0 bridgehead atoms. The molecule has 0 radical (unpaired) electrons. The van der Waals surface area contributed by atoms with Gasteiger partial charge in [0.15, 0.2) is 0 Å². The van der Waals surface area contributed by atoms with E-state index >= 15 is 0 Å².